The molecule has 0 aromatic carbocycles. The van der Waals surface area contributed by atoms with Crippen molar-refractivity contribution in [1.82, 2.24) is 0 Å². The van der Waals surface area contributed by atoms with Crippen molar-refractivity contribution < 1.29 is 0 Å². The number of thioether (sulfide) groups is 1. The Morgan fingerprint density at radius 1 is 1.56 bits per heavy atom. The summed E-state index contributed by atoms with van der Waals surface area (Å²) in [4.78, 5) is 0. The third-order valence-corrected chi connectivity index (χ3v) is 2.34. The highest BCUT2D eigenvalue weighted by Crippen LogP contribution is 2.16. The van der Waals surface area contributed by atoms with Gasteiger partial charge in [-0.1, -0.05) is 37.0 Å². The van der Waals surface area contributed by atoms with E-state index in [1.165, 1.54) is 0 Å². The molecule has 0 spiro atoms. The lowest BCUT2D eigenvalue weighted by Gasteiger charge is -1.97. The first-order chi connectivity index (χ1) is 4.13. The molecule has 0 aliphatic carbocycles. The lowest BCUT2D eigenvalue weighted by molar-refractivity contribution is 0.751. The van der Waals surface area contributed by atoms with Crippen LogP contribution in [0, 0.1) is 5.92 Å². The van der Waals surface area contributed by atoms with Crippen LogP contribution in [0.15, 0.2) is 9.90 Å². The van der Waals surface area contributed by atoms with E-state index < -0.39 is 0 Å². The Kier molecular flexibility index (Phi) is 5.86. The SMILES string of the molecule is CC(C)CSC=C(Cl)Cl. The fraction of sp³-hybridized carbons (Fsp3) is 0.667. The van der Waals surface area contributed by atoms with Gasteiger partial charge in [0.1, 0.15) is 4.49 Å². The second-order valence-electron chi connectivity index (χ2n) is 2.13. The van der Waals surface area contributed by atoms with Crippen molar-refractivity contribution in [3.8, 4) is 0 Å². The minimum absolute atomic E-state index is 0.348. The topological polar surface area (TPSA) is 0 Å². The van der Waals surface area contributed by atoms with E-state index in [4.69, 9.17) is 23.2 Å². The van der Waals surface area contributed by atoms with E-state index in [9.17, 15) is 0 Å². The van der Waals surface area contributed by atoms with E-state index >= 15 is 0 Å². The quantitative estimate of drug-likeness (QED) is 0.646. The van der Waals surface area contributed by atoms with Gasteiger partial charge in [-0.2, -0.15) is 0 Å². The van der Waals surface area contributed by atoms with E-state index in [0.717, 1.165) is 5.75 Å². The molecule has 0 amide bonds. The van der Waals surface area contributed by atoms with Crippen molar-refractivity contribution in [3.63, 3.8) is 0 Å². The van der Waals surface area contributed by atoms with Gasteiger partial charge in [-0.15, -0.1) is 11.8 Å². The third-order valence-electron chi connectivity index (χ3n) is 0.602. The molecule has 0 saturated carbocycles. The van der Waals surface area contributed by atoms with Gasteiger partial charge in [0.05, 0.1) is 0 Å². The molecule has 0 bridgehead atoms. The van der Waals surface area contributed by atoms with E-state index in [2.05, 4.69) is 13.8 Å². The van der Waals surface area contributed by atoms with Gasteiger partial charge in [0.15, 0.2) is 0 Å². The predicted octanol–water partition coefficient (Wildman–Crippen LogP) is 3.65. The van der Waals surface area contributed by atoms with Crippen LogP contribution in [0.25, 0.3) is 0 Å². The van der Waals surface area contributed by atoms with Crippen molar-refractivity contribution >= 4 is 35.0 Å². The lowest BCUT2D eigenvalue weighted by atomic mass is 10.3. The summed E-state index contributed by atoms with van der Waals surface area (Å²) in [6.45, 7) is 4.31. The summed E-state index contributed by atoms with van der Waals surface area (Å²) in [7, 11) is 0. The highest BCUT2D eigenvalue weighted by atomic mass is 35.5. The molecule has 0 aromatic rings. The Labute approximate surface area is 70.6 Å². The first-order valence-electron chi connectivity index (χ1n) is 2.75. The average molecular weight is 185 g/mol. The van der Waals surface area contributed by atoms with Gasteiger partial charge in [0.2, 0.25) is 0 Å². The Hall–Kier alpha value is 0.670. The Morgan fingerprint density at radius 3 is 2.44 bits per heavy atom. The van der Waals surface area contributed by atoms with Crippen molar-refractivity contribution in [2.45, 2.75) is 13.8 Å². The van der Waals surface area contributed by atoms with Gasteiger partial charge in [-0.25, -0.2) is 0 Å². The van der Waals surface area contributed by atoms with Crippen LogP contribution >= 0.6 is 35.0 Å². The molecule has 3 heteroatoms. The second kappa shape index (κ2) is 5.45. The second-order valence-corrected chi connectivity index (χ2v) is 4.04. The van der Waals surface area contributed by atoms with Crippen molar-refractivity contribution in [2.75, 3.05) is 5.75 Å². The summed E-state index contributed by atoms with van der Waals surface area (Å²) in [6.07, 6.45) is 0. The zero-order chi connectivity index (χ0) is 7.28. The average Bonchev–Trinajstić information content (AvgIpc) is 1.63. The van der Waals surface area contributed by atoms with Gasteiger partial charge in [0, 0.05) is 5.41 Å². The Bertz CT molecular complexity index is 95.2. The number of halogens is 2. The molecule has 0 saturated heterocycles. The molecule has 0 radical (unpaired) electrons. The van der Waals surface area contributed by atoms with Crippen LogP contribution in [0.2, 0.25) is 0 Å². The monoisotopic (exact) mass is 184 g/mol. The largest absolute Gasteiger partial charge is 0.131 e. The Morgan fingerprint density at radius 2 is 2.11 bits per heavy atom. The first-order valence-corrected chi connectivity index (χ1v) is 4.56. The maximum atomic E-state index is 5.37. The maximum absolute atomic E-state index is 5.37. The summed E-state index contributed by atoms with van der Waals surface area (Å²) in [5.74, 6) is 1.77. The van der Waals surface area contributed by atoms with Crippen LogP contribution in [-0.4, -0.2) is 5.75 Å². The van der Waals surface area contributed by atoms with Crippen LogP contribution in [0.5, 0.6) is 0 Å². The molecule has 0 atom stereocenters. The first kappa shape index (κ1) is 9.67. The van der Waals surface area contributed by atoms with Crippen LogP contribution in [0.3, 0.4) is 0 Å². The van der Waals surface area contributed by atoms with Gasteiger partial charge in [-0.3, -0.25) is 0 Å². The Balaban J connectivity index is 3.20. The van der Waals surface area contributed by atoms with Crippen LogP contribution in [-0.2, 0) is 0 Å². The molecule has 0 aliphatic rings. The standard InChI is InChI=1S/C6H10Cl2S/c1-5(2)3-9-4-6(7)8/h4-5H,3H2,1-2H3. The van der Waals surface area contributed by atoms with Crippen LogP contribution < -0.4 is 0 Å². The number of hydrogen-bond acceptors (Lipinski definition) is 1. The minimum atomic E-state index is 0.348. The summed E-state index contributed by atoms with van der Waals surface area (Å²) < 4.78 is 0.348. The highest BCUT2D eigenvalue weighted by Gasteiger charge is 1.90. The molecular formula is C6H10Cl2S. The maximum Gasteiger partial charge on any atom is 0.113 e. The number of hydrogen-bond donors (Lipinski definition) is 0. The van der Waals surface area contributed by atoms with Crippen LogP contribution in [0.4, 0.5) is 0 Å². The summed E-state index contributed by atoms with van der Waals surface area (Å²) >= 11 is 12.4. The van der Waals surface area contributed by atoms with E-state index in [0.29, 0.717) is 10.4 Å². The third kappa shape index (κ3) is 8.67. The zero-order valence-corrected chi connectivity index (χ0v) is 7.85. The molecule has 0 fully saturated rings. The van der Waals surface area contributed by atoms with Crippen molar-refractivity contribution in [2.24, 2.45) is 5.92 Å². The fourth-order valence-corrected chi connectivity index (χ4v) is 1.29. The predicted molar refractivity (Wildman–Crippen MR) is 47.1 cm³/mol. The molecule has 0 aromatic heterocycles. The van der Waals surface area contributed by atoms with Crippen molar-refractivity contribution in [1.29, 1.82) is 0 Å². The van der Waals surface area contributed by atoms with Gasteiger partial charge < -0.3 is 0 Å². The van der Waals surface area contributed by atoms with Gasteiger partial charge in [0.25, 0.3) is 0 Å². The van der Waals surface area contributed by atoms with E-state index in [1.54, 1.807) is 17.2 Å². The van der Waals surface area contributed by atoms with E-state index in [-0.39, 0.29) is 0 Å². The zero-order valence-electron chi connectivity index (χ0n) is 5.53. The smallest absolute Gasteiger partial charge is 0.113 e. The normalized spacial score (nSPS) is 9.89. The molecule has 0 aliphatic heterocycles. The molecule has 0 nitrogen and oxygen atoms in total. The summed E-state index contributed by atoms with van der Waals surface area (Å²) in [5, 5.41) is 1.75. The molecular weight excluding hydrogens is 175 g/mol. The summed E-state index contributed by atoms with van der Waals surface area (Å²) in [6, 6.07) is 0. The van der Waals surface area contributed by atoms with Gasteiger partial charge >= 0.3 is 0 Å². The molecule has 9 heavy (non-hydrogen) atoms. The molecule has 0 unspecified atom stereocenters. The van der Waals surface area contributed by atoms with Gasteiger partial charge in [-0.05, 0) is 11.7 Å². The highest BCUT2D eigenvalue weighted by molar-refractivity contribution is 8.02. The van der Waals surface area contributed by atoms with E-state index in [1.807, 2.05) is 0 Å². The van der Waals surface area contributed by atoms with Crippen molar-refractivity contribution in [3.05, 3.63) is 9.90 Å². The molecule has 0 N–H and O–H groups in total. The molecule has 54 valence electrons. The minimum Gasteiger partial charge on any atom is -0.131 e. The molecule has 0 rings (SSSR count). The fourth-order valence-electron chi connectivity index (χ4n) is 0.304. The molecule has 0 heterocycles. The van der Waals surface area contributed by atoms with Crippen LogP contribution in [0.1, 0.15) is 13.8 Å². The number of rotatable bonds is 3. The lowest BCUT2D eigenvalue weighted by Crippen LogP contribution is -1.87. The summed E-state index contributed by atoms with van der Waals surface area (Å²) in [5.41, 5.74) is 0.